The number of hydrogen-bond donors (Lipinski definition) is 0. The molecule has 3 nitrogen and oxygen atoms in total. The normalized spacial score (nSPS) is 13.0. The van der Waals surface area contributed by atoms with Gasteiger partial charge in [0.2, 0.25) is 5.91 Å². The van der Waals surface area contributed by atoms with Gasteiger partial charge in [-0.3, -0.25) is 9.63 Å². The zero-order chi connectivity index (χ0) is 13.9. The van der Waals surface area contributed by atoms with Crippen molar-refractivity contribution in [2.45, 2.75) is 25.2 Å². The summed E-state index contributed by atoms with van der Waals surface area (Å²) in [6, 6.07) is 0. The fourth-order valence-corrected chi connectivity index (χ4v) is 1.15. The van der Waals surface area contributed by atoms with Crippen LogP contribution in [0.4, 0.5) is 26.3 Å². The van der Waals surface area contributed by atoms with Crippen molar-refractivity contribution >= 4 is 5.91 Å². The molecule has 0 heterocycles. The van der Waals surface area contributed by atoms with E-state index < -0.39 is 37.0 Å². The van der Waals surface area contributed by atoms with E-state index in [0.717, 1.165) is 14.2 Å². The van der Waals surface area contributed by atoms with Crippen molar-refractivity contribution in [2.24, 2.45) is 5.92 Å². The van der Waals surface area contributed by atoms with Crippen LogP contribution in [0.3, 0.4) is 0 Å². The first-order valence-corrected chi connectivity index (χ1v) is 4.41. The first-order chi connectivity index (χ1) is 7.46. The number of carbonyl (C=O) groups excluding carboxylic acids is 1. The Bertz CT molecular complexity index is 246. The summed E-state index contributed by atoms with van der Waals surface area (Å²) < 4.78 is 72.2. The van der Waals surface area contributed by atoms with Crippen LogP contribution in [-0.4, -0.2) is 37.5 Å². The zero-order valence-corrected chi connectivity index (χ0v) is 9.02. The van der Waals surface area contributed by atoms with Gasteiger partial charge < -0.3 is 0 Å². The largest absolute Gasteiger partial charge is 0.389 e. The Morgan fingerprint density at radius 1 is 1.12 bits per heavy atom. The molecule has 102 valence electrons. The zero-order valence-electron chi connectivity index (χ0n) is 9.02. The minimum Gasteiger partial charge on any atom is -0.275 e. The number of rotatable bonds is 4. The van der Waals surface area contributed by atoms with Crippen molar-refractivity contribution in [3.05, 3.63) is 0 Å². The third kappa shape index (κ3) is 7.03. The minimum atomic E-state index is -4.85. The molecule has 0 fully saturated rings. The number of hydroxylamine groups is 2. The van der Waals surface area contributed by atoms with Crippen molar-refractivity contribution in [3.63, 3.8) is 0 Å². The first kappa shape index (κ1) is 16.0. The number of alkyl halides is 6. The molecule has 0 aromatic rings. The highest BCUT2D eigenvalue weighted by atomic mass is 19.4. The standard InChI is InChI=1S/C8H11F6NO2/c1-15(17-2)6(16)5(3-7(9,10)11)4-8(12,13)14/h5H,3-4H2,1-2H3. The van der Waals surface area contributed by atoms with Crippen LogP contribution in [0.1, 0.15) is 12.8 Å². The van der Waals surface area contributed by atoms with Gasteiger partial charge in [0.1, 0.15) is 0 Å². The van der Waals surface area contributed by atoms with E-state index in [1.807, 2.05) is 0 Å². The van der Waals surface area contributed by atoms with Gasteiger partial charge in [-0.05, 0) is 0 Å². The molecule has 0 bridgehead atoms. The molecule has 0 aliphatic heterocycles. The van der Waals surface area contributed by atoms with E-state index in [1.165, 1.54) is 0 Å². The highest BCUT2D eigenvalue weighted by Crippen LogP contribution is 2.33. The van der Waals surface area contributed by atoms with E-state index in [0.29, 0.717) is 5.06 Å². The van der Waals surface area contributed by atoms with Crippen molar-refractivity contribution in [2.75, 3.05) is 14.2 Å². The summed E-state index contributed by atoms with van der Waals surface area (Å²) in [4.78, 5) is 15.5. The van der Waals surface area contributed by atoms with Crippen molar-refractivity contribution in [1.82, 2.24) is 5.06 Å². The summed E-state index contributed by atoms with van der Waals surface area (Å²) in [6.45, 7) is 0. The molecule has 0 saturated heterocycles. The maximum absolute atomic E-state index is 12.0. The number of carbonyl (C=O) groups is 1. The van der Waals surface area contributed by atoms with Crippen LogP contribution in [0, 0.1) is 5.92 Å². The minimum absolute atomic E-state index is 0.349. The molecule has 0 aliphatic rings. The molecular formula is C8H11F6NO2. The van der Waals surface area contributed by atoms with Crippen LogP contribution >= 0.6 is 0 Å². The van der Waals surface area contributed by atoms with E-state index in [1.54, 1.807) is 0 Å². The predicted molar refractivity (Wildman–Crippen MR) is 44.6 cm³/mol. The fraction of sp³-hybridized carbons (Fsp3) is 0.875. The lowest BCUT2D eigenvalue weighted by Crippen LogP contribution is -2.37. The van der Waals surface area contributed by atoms with Crippen molar-refractivity contribution in [3.8, 4) is 0 Å². The molecule has 0 spiro atoms. The molecule has 0 rings (SSSR count). The summed E-state index contributed by atoms with van der Waals surface area (Å²) in [5.41, 5.74) is 0. The lowest BCUT2D eigenvalue weighted by Gasteiger charge is -2.23. The Hall–Kier alpha value is -0.990. The second-order valence-corrected chi connectivity index (χ2v) is 3.35. The van der Waals surface area contributed by atoms with Gasteiger partial charge in [0.15, 0.2) is 0 Å². The fourth-order valence-electron chi connectivity index (χ4n) is 1.15. The molecule has 0 N–H and O–H groups in total. The average Bonchev–Trinajstić information content (AvgIpc) is 2.09. The Morgan fingerprint density at radius 3 is 1.71 bits per heavy atom. The highest BCUT2D eigenvalue weighted by molar-refractivity contribution is 5.77. The topological polar surface area (TPSA) is 29.5 Å². The quantitative estimate of drug-likeness (QED) is 0.578. The monoisotopic (exact) mass is 267 g/mol. The van der Waals surface area contributed by atoms with E-state index >= 15 is 0 Å². The smallest absolute Gasteiger partial charge is 0.275 e. The molecule has 17 heavy (non-hydrogen) atoms. The van der Waals surface area contributed by atoms with E-state index in [2.05, 4.69) is 4.84 Å². The molecule has 0 radical (unpaired) electrons. The Labute approximate surface area is 93.3 Å². The number of halogens is 6. The second-order valence-electron chi connectivity index (χ2n) is 3.35. The third-order valence-electron chi connectivity index (χ3n) is 1.89. The Morgan fingerprint density at radius 2 is 1.47 bits per heavy atom. The molecule has 0 aromatic heterocycles. The van der Waals surface area contributed by atoms with Gasteiger partial charge in [0.05, 0.1) is 25.9 Å². The molecule has 0 aromatic carbocycles. The van der Waals surface area contributed by atoms with E-state index in [4.69, 9.17) is 0 Å². The first-order valence-electron chi connectivity index (χ1n) is 4.41. The number of nitrogens with zero attached hydrogens (tertiary/aromatic N) is 1. The van der Waals surface area contributed by atoms with Crippen LogP contribution in [0.2, 0.25) is 0 Å². The van der Waals surface area contributed by atoms with Gasteiger partial charge in [-0.2, -0.15) is 26.3 Å². The van der Waals surface area contributed by atoms with Gasteiger partial charge in [0, 0.05) is 7.05 Å². The third-order valence-corrected chi connectivity index (χ3v) is 1.89. The second kappa shape index (κ2) is 5.56. The van der Waals surface area contributed by atoms with Gasteiger partial charge in [0.25, 0.3) is 0 Å². The van der Waals surface area contributed by atoms with Gasteiger partial charge in [-0.1, -0.05) is 0 Å². The van der Waals surface area contributed by atoms with E-state index in [-0.39, 0.29) is 0 Å². The number of hydrogen-bond acceptors (Lipinski definition) is 2. The summed E-state index contributed by atoms with van der Waals surface area (Å²) in [5.74, 6) is -3.58. The van der Waals surface area contributed by atoms with Crippen LogP contribution in [0.25, 0.3) is 0 Å². The van der Waals surface area contributed by atoms with Gasteiger partial charge in [-0.15, -0.1) is 0 Å². The van der Waals surface area contributed by atoms with Crippen molar-refractivity contribution < 1.29 is 36.0 Å². The summed E-state index contributed by atoms with van der Waals surface area (Å²) >= 11 is 0. The Balaban J connectivity index is 4.79. The van der Waals surface area contributed by atoms with Crippen LogP contribution < -0.4 is 0 Å². The SMILES string of the molecule is CON(C)C(=O)C(CC(F)(F)F)CC(F)(F)F. The summed E-state index contributed by atoms with van der Waals surface area (Å²) in [7, 11) is 1.91. The Kier molecular flexibility index (Phi) is 5.24. The average molecular weight is 267 g/mol. The maximum Gasteiger partial charge on any atom is 0.389 e. The van der Waals surface area contributed by atoms with Gasteiger partial charge >= 0.3 is 12.4 Å². The maximum atomic E-state index is 12.0. The lowest BCUT2D eigenvalue weighted by molar-refractivity contribution is -0.199. The molecule has 0 unspecified atom stereocenters. The number of amides is 1. The summed E-state index contributed by atoms with van der Waals surface area (Å²) in [5, 5.41) is 0.349. The van der Waals surface area contributed by atoms with E-state index in [9.17, 15) is 31.1 Å². The predicted octanol–water partition coefficient (Wildman–Crippen LogP) is 2.53. The van der Waals surface area contributed by atoms with Gasteiger partial charge in [-0.25, -0.2) is 5.06 Å². The molecule has 1 amide bonds. The molecule has 0 saturated carbocycles. The summed E-state index contributed by atoms with van der Waals surface area (Å²) in [6.07, 6.45) is -13.4. The van der Waals surface area contributed by atoms with Crippen LogP contribution in [0.15, 0.2) is 0 Å². The highest BCUT2D eigenvalue weighted by Gasteiger charge is 2.43. The van der Waals surface area contributed by atoms with Crippen LogP contribution in [-0.2, 0) is 9.63 Å². The molecule has 9 heteroatoms. The molecule has 0 atom stereocenters. The van der Waals surface area contributed by atoms with Crippen molar-refractivity contribution in [1.29, 1.82) is 0 Å². The molecular weight excluding hydrogens is 256 g/mol. The molecule has 0 aliphatic carbocycles. The lowest BCUT2D eigenvalue weighted by atomic mass is 9.99. The van der Waals surface area contributed by atoms with Crippen LogP contribution in [0.5, 0.6) is 0 Å².